The molecule has 3 unspecified atom stereocenters. The van der Waals surface area contributed by atoms with Crippen LogP contribution in [0.1, 0.15) is 27.2 Å². The minimum Gasteiger partial charge on any atom is -0.347 e. The van der Waals surface area contributed by atoms with Gasteiger partial charge in [0, 0.05) is 14.1 Å². The number of hydrogen-bond acceptors (Lipinski definition) is 3. The Kier molecular flexibility index (Phi) is 6.03. The van der Waals surface area contributed by atoms with Gasteiger partial charge in [-0.15, -0.1) is 0 Å². The fourth-order valence-electron chi connectivity index (χ4n) is 1.27. The Morgan fingerprint density at radius 3 is 2.19 bits per heavy atom. The zero-order valence-electron chi connectivity index (χ0n) is 10.8. The molecule has 5 heteroatoms. The quantitative estimate of drug-likeness (QED) is 0.694. The molecule has 0 saturated carbocycles. The summed E-state index contributed by atoms with van der Waals surface area (Å²) in [6.45, 7) is 5.55. The molecule has 0 aromatic heterocycles. The number of carbonyl (C=O) groups is 2. The minimum atomic E-state index is -0.553. The highest BCUT2D eigenvalue weighted by Crippen LogP contribution is 2.05. The summed E-state index contributed by atoms with van der Waals surface area (Å²) in [5.74, 6) is -0.289. The topological polar surface area (TPSA) is 75.4 Å². The van der Waals surface area contributed by atoms with Gasteiger partial charge in [0.1, 0.15) is 6.04 Å². The van der Waals surface area contributed by atoms with Crippen LogP contribution < -0.4 is 11.1 Å². The van der Waals surface area contributed by atoms with Crippen molar-refractivity contribution in [1.29, 1.82) is 0 Å². The molecule has 3 atom stereocenters. The van der Waals surface area contributed by atoms with E-state index in [1.54, 1.807) is 21.0 Å². The lowest BCUT2D eigenvalue weighted by atomic mass is 9.99. The smallest absolute Gasteiger partial charge is 0.244 e. The van der Waals surface area contributed by atoms with Gasteiger partial charge >= 0.3 is 0 Å². The van der Waals surface area contributed by atoms with Gasteiger partial charge in [0.25, 0.3) is 0 Å². The van der Waals surface area contributed by atoms with Gasteiger partial charge in [0.15, 0.2) is 0 Å². The van der Waals surface area contributed by atoms with Gasteiger partial charge in [0.05, 0.1) is 6.04 Å². The summed E-state index contributed by atoms with van der Waals surface area (Å²) in [6, 6.07) is -1.08. The minimum absolute atomic E-state index is 0.113. The van der Waals surface area contributed by atoms with Crippen LogP contribution in [0.5, 0.6) is 0 Å². The number of nitrogens with one attached hydrogen (secondary N) is 1. The summed E-state index contributed by atoms with van der Waals surface area (Å²) in [4.78, 5) is 24.6. The van der Waals surface area contributed by atoms with E-state index in [9.17, 15) is 9.59 Å². The largest absolute Gasteiger partial charge is 0.347 e. The highest BCUT2D eigenvalue weighted by Gasteiger charge is 2.23. The number of nitrogens with two attached hydrogens (primary N) is 1. The monoisotopic (exact) mass is 229 g/mol. The van der Waals surface area contributed by atoms with Crippen LogP contribution in [0.25, 0.3) is 0 Å². The van der Waals surface area contributed by atoms with Crippen molar-refractivity contribution in [2.45, 2.75) is 39.3 Å². The number of likely N-dealkylation sites (N-methyl/N-ethyl adjacent to an activating group) is 1. The Morgan fingerprint density at radius 2 is 1.81 bits per heavy atom. The molecule has 5 nitrogen and oxygen atoms in total. The van der Waals surface area contributed by atoms with Gasteiger partial charge in [-0.05, 0) is 12.8 Å². The summed E-state index contributed by atoms with van der Waals surface area (Å²) in [6.07, 6.45) is 0.838. The normalized spacial score (nSPS) is 16.1. The van der Waals surface area contributed by atoms with Gasteiger partial charge in [0.2, 0.25) is 11.8 Å². The second-order valence-electron chi connectivity index (χ2n) is 4.37. The molecule has 0 spiro atoms. The third-order valence-electron chi connectivity index (χ3n) is 2.73. The van der Waals surface area contributed by atoms with E-state index < -0.39 is 12.1 Å². The molecule has 0 aromatic rings. The highest BCUT2D eigenvalue weighted by atomic mass is 16.2. The van der Waals surface area contributed by atoms with Crippen LogP contribution >= 0.6 is 0 Å². The van der Waals surface area contributed by atoms with E-state index in [-0.39, 0.29) is 17.7 Å². The molecule has 0 aliphatic rings. The lowest BCUT2D eigenvalue weighted by Crippen LogP contribution is -2.51. The van der Waals surface area contributed by atoms with Gasteiger partial charge in [-0.2, -0.15) is 0 Å². The van der Waals surface area contributed by atoms with Crippen molar-refractivity contribution >= 4 is 11.8 Å². The van der Waals surface area contributed by atoms with Crippen molar-refractivity contribution in [3.05, 3.63) is 0 Å². The molecule has 0 radical (unpaired) electrons. The van der Waals surface area contributed by atoms with E-state index in [1.807, 2.05) is 13.8 Å². The Morgan fingerprint density at radius 1 is 1.31 bits per heavy atom. The molecule has 2 amide bonds. The number of rotatable bonds is 5. The third kappa shape index (κ3) is 4.18. The van der Waals surface area contributed by atoms with Gasteiger partial charge in [-0.25, -0.2) is 0 Å². The first kappa shape index (κ1) is 14.9. The maximum atomic E-state index is 11.7. The zero-order chi connectivity index (χ0) is 12.9. The summed E-state index contributed by atoms with van der Waals surface area (Å²) in [7, 11) is 3.30. The summed E-state index contributed by atoms with van der Waals surface area (Å²) in [5, 5.41) is 2.62. The first-order valence-electron chi connectivity index (χ1n) is 5.58. The second-order valence-corrected chi connectivity index (χ2v) is 4.37. The maximum absolute atomic E-state index is 11.7. The molecule has 94 valence electrons. The van der Waals surface area contributed by atoms with Gasteiger partial charge in [-0.3, -0.25) is 9.59 Å². The molecule has 3 N–H and O–H groups in total. The van der Waals surface area contributed by atoms with E-state index in [1.165, 1.54) is 4.90 Å². The van der Waals surface area contributed by atoms with E-state index in [2.05, 4.69) is 5.32 Å². The van der Waals surface area contributed by atoms with Crippen molar-refractivity contribution in [2.75, 3.05) is 14.1 Å². The fraction of sp³-hybridized carbons (Fsp3) is 0.818. The van der Waals surface area contributed by atoms with Crippen LogP contribution in [0.15, 0.2) is 0 Å². The van der Waals surface area contributed by atoms with E-state index in [4.69, 9.17) is 5.73 Å². The predicted octanol–water partition coefficient (Wildman–Crippen LogP) is -0.0473. The van der Waals surface area contributed by atoms with Crippen LogP contribution in [0.3, 0.4) is 0 Å². The van der Waals surface area contributed by atoms with E-state index >= 15 is 0 Å². The van der Waals surface area contributed by atoms with Crippen LogP contribution in [0, 0.1) is 5.92 Å². The summed E-state index contributed by atoms with van der Waals surface area (Å²) in [5.41, 5.74) is 5.76. The van der Waals surface area contributed by atoms with Crippen molar-refractivity contribution in [3.63, 3.8) is 0 Å². The Bertz CT molecular complexity index is 254. The second kappa shape index (κ2) is 6.48. The van der Waals surface area contributed by atoms with Crippen molar-refractivity contribution in [3.8, 4) is 0 Å². The molecular formula is C11H23N3O2. The Hall–Kier alpha value is -1.10. The molecule has 0 aromatic carbocycles. The predicted molar refractivity (Wildman–Crippen MR) is 63.7 cm³/mol. The third-order valence-corrected chi connectivity index (χ3v) is 2.73. The van der Waals surface area contributed by atoms with Crippen molar-refractivity contribution in [2.24, 2.45) is 11.7 Å². The SMILES string of the molecule is CCC(C)C(N)C(=O)NC(C)C(=O)N(C)C. The van der Waals surface area contributed by atoms with E-state index in [0.717, 1.165) is 6.42 Å². The molecule has 0 heterocycles. The van der Waals surface area contributed by atoms with Crippen LogP contribution in [0.2, 0.25) is 0 Å². The molecule has 0 fully saturated rings. The Labute approximate surface area is 97.4 Å². The average Bonchev–Trinajstić information content (AvgIpc) is 2.25. The van der Waals surface area contributed by atoms with Gasteiger partial charge < -0.3 is 16.0 Å². The first-order chi connectivity index (χ1) is 7.31. The molecule has 16 heavy (non-hydrogen) atoms. The number of hydrogen-bond donors (Lipinski definition) is 2. The lowest BCUT2D eigenvalue weighted by molar-refractivity contribution is -0.134. The average molecular weight is 229 g/mol. The molecule has 0 rings (SSSR count). The van der Waals surface area contributed by atoms with E-state index in [0.29, 0.717) is 0 Å². The summed E-state index contributed by atoms with van der Waals surface area (Å²) < 4.78 is 0. The highest BCUT2D eigenvalue weighted by molar-refractivity contribution is 5.89. The zero-order valence-corrected chi connectivity index (χ0v) is 10.8. The van der Waals surface area contributed by atoms with Crippen LogP contribution in [-0.4, -0.2) is 42.9 Å². The fourth-order valence-corrected chi connectivity index (χ4v) is 1.27. The number of carbonyl (C=O) groups excluding carboxylic acids is 2. The molecule has 0 aliphatic heterocycles. The lowest BCUT2D eigenvalue weighted by Gasteiger charge is -2.22. The molecule has 0 bridgehead atoms. The molecule has 0 aliphatic carbocycles. The maximum Gasteiger partial charge on any atom is 0.244 e. The van der Waals surface area contributed by atoms with Gasteiger partial charge in [-0.1, -0.05) is 20.3 Å². The first-order valence-corrected chi connectivity index (χ1v) is 5.58. The van der Waals surface area contributed by atoms with Crippen molar-refractivity contribution < 1.29 is 9.59 Å². The number of nitrogens with zero attached hydrogens (tertiary/aromatic N) is 1. The van der Waals surface area contributed by atoms with Crippen LogP contribution in [-0.2, 0) is 9.59 Å². The molecular weight excluding hydrogens is 206 g/mol. The Balaban J connectivity index is 4.29. The van der Waals surface area contributed by atoms with Crippen molar-refractivity contribution in [1.82, 2.24) is 10.2 Å². The standard InChI is InChI=1S/C11H23N3O2/c1-6-7(2)9(12)10(15)13-8(3)11(16)14(4)5/h7-9H,6,12H2,1-5H3,(H,13,15). The summed E-state index contributed by atoms with van der Waals surface area (Å²) >= 11 is 0. The van der Waals surface area contributed by atoms with Crippen LogP contribution in [0.4, 0.5) is 0 Å². The molecule has 0 saturated heterocycles. The number of amides is 2.